The largest absolute Gasteiger partial charge is 0.478 e. The van der Waals surface area contributed by atoms with Crippen LogP contribution in [0, 0.1) is 0 Å². The molecule has 0 radical (unpaired) electrons. The lowest BCUT2D eigenvalue weighted by Gasteiger charge is -2.35. The predicted octanol–water partition coefficient (Wildman–Crippen LogP) is 1.35. The van der Waals surface area contributed by atoms with Crippen LogP contribution in [-0.4, -0.2) is 74.0 Å². The van der Waals surface area contributed by atoms with Crippen LogP contribution in [-0.2, 0) is 16.6 Å². The van der Waals surface area contributed by atoms with Crippen molar-refractivity contribution in [2.24, 2.45) is 0 Å². The molecule has 0 atom stereocenters. The molecule has 2 aromatic rings. The molecule has 9 heteroatoms. The maximum Gasteiger partial charge on any atom is 0.339 e. The molecule has 8 nitrogen and oxygen atoms in total. The molecular formula is C19H24N4O4S. The predicted molar refractivity (Wildman–Crippen MR) is 106 cm³/mol. The number of nitrogens with zero attached hydrogens (tertiary/aromatic N) is 4. The number of carbonyl (C=O) groups is 1. The quantitative estimate of drug-likeness (QED) is 0.777. The van der Waals surface area contributed by atoms with Gasteiger partial charge >= 0.3 is 5.97 Å². The molecule has 1 aromatic heterocycles. The van der Waals surface area contributed by atoms with E-state index in [1.165, 1.54) is 18.4 Å². The Labute approximate surface area is 165 Å². The number of aromatic nitrogens is 1. The third kappa shape index (κ3) is 4.32. The van der Waals surface area contributed by atoms with Crippen LogP contribution >= 0.6 is 0 Å². The van der Waals surface area contributed by atoms with Crippen molar-refractivity contribution in [1.29, 1.82) is 0 Å². The van der Waals surface area contributed by atoms with Gasteiger partial charge in [-0.3, -0.25) is 4.90 Å². The minimum Gasteiger partial charge on any atom is -0.478 e. The highest BCUT2D eigenvalue weighted by Crippen LogP contribution is 2.20. The summed E-state index contributed by atoms with van der Waals surface area (Å²) in [5, 5.41) is 9.33. The average molecular weight is 404 g/mol. The van der Waals surface area contributed by atoms with Crippen molar-refractivity contribution in [1.82, 2.24) is 14.2 Å². The van der Waals surface area contributed by atoms with E-state index in [0.717, 1.165) is 18.7 Å². The summed E-state index contributed by atoms with van der Waals surface area (Å²) < 4.78 is 25.5. The molecule has 0 bridgehead atoms. The number of sulfonamides is 1. The standard InChI is InChI=1S/C19H24N4O4S/c1-21(2)28(26,27)16-7-5-15(6-8-16)14-22-10-12-23(13-11-22)18-17(19(24)25)4-3-9-20-18/h3-9H,10-14H2,1-2H3,(H,24,25). The Bertz CT molecular complexity index is 937. The molecule has 3 rings (SSSR count). The van der Waals surface area contributed by atoms with Gasteiger partial charge in [0.25, 0.3) is 0 Å². The average Bonchev–Trinajstić information content (AvgIpc) is 2.69. The fraction of sp³-hybridized carbons (Fsp3) is 0.368. The van der Waals surface area contributed by atoms with E-state index in [9.17, 15) is 18.3 Å². The molecule has 150 valence electrons. The van der Waals surface area contributed by atoms with Gasteiger partial charge in [0.05, 0.1) is 4.90 Å². The SMILES string of the molecule is CN(C)S(=O)(=O)c1ccc(CN2CCN(c3ncccc3C(=O)O)CC2)cc1. The second-order valence-electron chi connectivity index (χ2n) is 6.87. The summed E-state index contributed by atoms with van der Waals surface area (Å²) in [5.74, 6) is -0.466. The van der Waals surface area contributed by atoms with E-state index in [-0.39, 0.29) is 10.5 Å². The number of hydrogen-bond donors (Lipinski definition) is 1. The number of piperazine rings is 1. The highest BCUT2D eigenvalue weighted by molar-refractivity contribution is 7.89. The molecule has 0 spiro atoms. The number of rotatable bonds is 6. The summed E-state index contributed by atoms with van der Waals surface area (Å²) >= 11 is 0. The van der Waals surface area contributed by atoms with E-state index >= 15 is 0 Å². The fourth-order valence-corrected chi connectivity index (χ4v) is 4.07. The zero-order chi connectivity index (χ0) is 20.3. The lowest BCUT2D eigenvalue weighted by Crippen LogP contribution is -2.46. The van der Waals surface area contributed by atoms with Crippen molar-refractivity contribution in [3.05, 3.63) is 53.7 Å². The smallest absolute Gasteiger partial charge is 0.339 e. The van der Waals surface area contributed by atoms with Crippen molar-refractivity contribution < 1.29 is 18.3 Å². The molecule has 1 saturated heterocycles. The summed E-state index contributed by atoms with van der Waals surface area (Å²) in [7, 11) is -0.390. The summed E-state index contributed by atoms with van der Waals surface area (Å²) in [5.41, 5.74) is 1.25. The van der Waals surface area contributed by atoms with Crippen LogP contribution in [0.1, 0.15) is 15.9 Å². The Hall–Kier alpha value is -2.49. The number of aromatic carboxylic acids is 1. The Morgan fingerprint density at radius 2 is 1.75 bits per heavy atom. The third-order valence-corrected chi connectivity index (χ3v) is 6.63. The Balaban J connectivity index is 1.61. The molecule has 1 aromatic carbocycles. The van der Waals surface area contributed by atoms with Crippen molar-refractivity contribution >= 4 is 21.8 Å². The molecule has 1 aliphatic heterocycles. The monoisotopic (exact) mass is 404 g/mol. The minimum atomic E-state index is -3.42. The summed E-state index contributed by atoms with van der Waals surface area (Å²) in [6, 6.07) is 10.1. The number of hydrogen-bond acceptors (Lipinski definition) is 6. The third-order valence-electron chi connectivity index (χ3n) is 4.80. The van der Waals surface area contributed by atoms with Crippen LogP contribution < -0.4 is 4.90 Å². The summed E-state index contributed by atoms with van der Waals surface area (Å²) in [6.45, 7) is 3.62. The Morgan fingerprint density at radius 3 is 2.32 bits per heavy atom. The van der Waals surface area contributed by atoms with Gasteiger partial charge in [-0.05, 0) is 29.8 Å². The molecule has 0 aliphatic carbocycles. The van der Waals surface area contributed by atoms with Gasteiger partial charge in [0.2, 0.25) is 10.0 Å². The van der Waals surface area contributed by atoms with Crippen LogP contribution in [0.3, 0.4) is 0 Å². The zero-order valence-corrected chi connectivity index (χ0v) is 16.8. The first-order valence-corrected chi connectivity index (χ1v) is 10.4. The van der Waals surface area contributed by atoms with Gasteiger partial charge < -0.3 is 10.0 Å². The van der Waals surface area contributed by atoms with E-state index in [2.05, 4.69) is 9.88 Å². The van der Waals surface area contributed by atoms with Gasteiger partial charge in [0.15, 0.2) is 0 Å². The minimum absolute atomic E-state index is 0.216. The molecule has 0 saturated carbocycles. The molecule has 2 heterocycles. The van der Waals surface area contributed by atoms with Gasteiger partial charge in [0.1, 0.15) is 11.4 Å². The molecule has 28 heavy (non-hydrogen) atoms. The number of carboxylic acid groups (broad SMARTS) is 1. The van der Waals surface area contributed by atoms with Gasteiger partial charge in [0, 0.05) is 53.0 Å². The number of carboxylic acids is 1. The van der Waals surface area contributed by atoms with Crippen LogP contribution in [0.25, 0.3) is 0 Å². The Kier molecular flexibility index (Phi) is 5.97. The van der Waals surface area contributed by atoms with Gasteiger partial charge in [-0.2, -0.15) is 0 Å². The van der Waals surface area contributed by atoms with Gasteiger partial charge in [-0.15, -0.1) is 0 Å². The van der Waals surface area contributed by atoms with Crippen LogP contribution in [0.4, 0.5) is 5.82 Å². The van der Waals surface area contributed by atoms with E-state index in [4.69, 9.17) is 0 Å². The summed E-state index contributed by atoms with van der Waals surface area (Å²) in [6.07, 6.45) is 1.61. The first-order valence-electron chi connectivity index (χ1n) is 8.96. The molecular weight excluding hydrogens is 380 g/mol. The van der Waals surface area contributed by atoms with Gasteiger partial charge in [-0.25, -0.2) is 22.5 Å². The van der Waals surface area contributed by atoms with E-state index in [1.54, 1.807) is 30.5 Å². The normalized spacial score (nSPS) is 15.8. The molecule has 1 N–H and O–H groups in total. The number of benzene rings is 1. The van der Waals surface area contributed by atoms with E-state index < -0.39 is 16.0 Å². The maximum atomic E-state index is 12.1. The van der Waals surface area contributed by atoms with Crippen molar-refractivity contribution in [3.8, 4) is 0 Å². The molecule has 0 unspecified atom stereocenters. The molecule has 1 fully saturated rings. The topological polar surface area (TPSA) is 94.1 Å². The first kappa shape index (κ1) is 20.2. The van der Waals surface area contributed by atoms with E-state index in [0.29, 0.717) is 25.5 Å². The van der Waals surface area contributed by atoms with Gasteiger partial charge in [-0.1, -0.05) is 12.1 Å². The second kappa shape index (κ2) is 8.26. The molecule has 0 amide bonds. The highest BCUT2D eigenvalue weighted by atomic mass is 32.2. The zero-order valence-electron chi connectivity index (χ0n) is 15.9. The lowest BCUT2D eigenvalue weighted by molar-refractivity contribution is 0.0697. The second-order valence-corrected chi connectivity index (χ2v) is 9.03. The summed E-state index contributed by atoms with van der Waals surface area (Å²) in [4.78, 5) is 20.2. The van der Waals surface area contributed by atoms with Crippen molar-refractivity contribution in [2.75, 3.05) is 45.2 Å². The van der Waals surface area contributed by atoms with Crippen molar-refractivity contribution in [2.45, 2.75) is 11.4 Å². The van der Waals surface area contributed by atoms with Crippen molar-refractivity contribution in [3.63, 3.8) is 0 Å². The highest BCUT2D eigenvalue weighted by Gasteiger charge is 2.22. The van der Waals surface area contributed by atoms with Crippen LogP contribution in [0.2, 0.25) is 0 Å². The Morgan fingerprint density at radius 1 is 1.11 bits per heavy atom. The lowest BCUT2D eigenvalue weighted by atomic mass is 10.2. The van der Waals surface area contributed by atoms with Crippen LogP contribution in [0.5, 0.6) is 0 Å². The van der Waals surface area contributed by atoms with Crippen LogP contribution in [0.15, 0.2) is 47.5 Å². The van der Waals surface area contributed by atoms with E-state index in [1.807, 2.05) is 17.0 Å². The fourth-order valence-electron chi connectivity index (χ4n) is 3.17. The number of pyridine rings is 1. The first-order chi connectivity index (χ1) is 13.3. The number of anilines is 1. The maximum absolute atomic E-state index is 12.1. The molecule has 1 aliphatic rings.